The van der Waals surface area contributed by atoms with Crippen molar-refractivity contribution in [3.63, 3.8) is 0 Å². The normalized spacial score (nSPS) is 11.8. The van der Waals surface area contributed by atoms with Gasteiger partial charge in [0.25, 0.3) is 0 Å². The zero-order chi connectivity index (χ0) is 13.9. The molecular weight excluding hydrogens is 306 g/mol. The summed E-state index contributed by atoms with van der Waals surface area (Å²) in [4.78, 5) is 0. The zero-order valence-electron chi connectivity index (χ0n) is 10.9. The number of terminal acetylenes is 1. The fourth-order valence-corrected chi connectivity index (χ4v) is 1.79. The van der Waals surface area contributed by atoms with Crippen molar-refractivity contribution in [2.75, 3.05) is 19.7 Å². The minimum absolute atomic E-state index is 0.291. The topological polar surface area (TPSA) is 41.5 Å². The van der Waals surface area contributed by atoms with Gasteiger partial charge in [-0.1, -0.05) is 15.9 Å². The molecule has 1 aromatic carbocycles. The van der Waals surface area contributed by atoms with Gasteiger partial charge in [0.1, 0.15) is 18.5 Å². The molecule has 0 bridgehead atoms. The van der Waals surface area contributed by atoms with E-state index < -0.39 is 6.10 Å². The summed E-state index contributed by atoms with van der Waals surface area (Å²) < 4.78 is 6.49. The van der Waals surface area contributed by atoms with Crippen LogP contribution in [0, 0.1) is 12.3 Å². The second kappa shape index (κ2) is 9.85. The fourth-order valence-electron chi connectivity index (χ4n) is 1.53. The molecule has 0 fully saturated rings. The van der Waals surface area contributed by atoms with Crippen LogP contribution in [-0.4, -0.2) is 30.9 Å². The Morgan fingerprint density at radius 2 is 2.05 bits per heavy atom. The van der Waals surface area contributed by atoms with Crippen LogP contribution in [0.1, 0.15) is 19.3 Å². The van der Waals surface area contributed by atoms with Crippen molar-refractivity contribution in [2.45, 2.75) is 25.4 Å². The van der Waals surface area contributed by atoms with Gasteiger partial charge in [-0.05, 0) is 43.7 Å². The predicted molar refractivity (Wildman–Crippen MR) is 81.2 cm³/mol. The molecule has 0 radical (unpaired) electrons. The molecule has 3 nitrogen and oxygen atoms in total. The highest BCUT2D eigenvalue weighted by Crippen LogP contribution is 2.16. The van der Waals surface area contributed by atoms with Crippen LogP contribution < -0.4 is 10.1 Å². The van der Waals surface area contributed by atoms with Crippen molar-refractivity contribution in [3.8, 4) is 18.1 Å². The van der Waals surface area contributed by atoms with Crippen LogP contribution in [0.5, 0.6) is 5.75 Å². The summed E-state index contributed by atoms with van der Waals surface area (Å²) in [5, 5.41) is 12.9. The maximum Gasteiger partial charge on any atom is 0.119 e. The lowest BCUT2D eigenvalue weighted by molar-refractivity contribution is 0.106. The van der Waals surface area contributed by atoms with Crippen LogP contribution in [0.4, 0.5) is 0 Å². The number of hydrogen-bond acceptors (Lipinski definition) is 3. The highest BCUT2D eigenvalue weighted by atomic mass is 79.9. The third kappa shape index (κ3) is 7.89. The number of unbranched alkanes of at least 4 members (excludes halogenated alkanes) is 2. The van der Waals surface area contributed by atoms with Gasteiger partial charge in [-0.15, -0.1) is 12.3 Å². The van der Waals surface area contributed by atoms with E-state index in [1.54, 1.807) is 0 Å². The average Bonchev–Trinajstić information content (AvgIpc) is 2.42. The highest BCUT2D eigenvalue weighted by molar-refractivity contribution is 9.10. The van der Waals surface area contributed by atoms with E-state index in [1.165, 1.54) is 0 Å². The largest absolute Gasteiger partial charge is 0.491 e. The number of aliphatic hydroxyl groups is 1. The number of benzene rings is 1. The SMILES string of the molecule is C#CCCCCNCC(O)COc1ccc(Br)cc1. The number of aliphatic hydroxyl groups excluding tert-OH is 1. The molecular formula is C15H20BrNO2. The lowest BCUT2D eigenvalue weighted by Gasteiger charge is -2.13. The van der Waals surface area contributed by atoms with Gasteiger partial charge in [-0.3, -0.25) is 0 Å². The summed E-state index contributed by atoms with van der Waals surface area (Å²) >= 11 is 3.36. The van der Waals surface area contributed by atoms with Crippen molar-refractivity contribution in [1.82, 2.24) is 5.32 Å². The molecule has 2 N–H and O–H groups in total. The van der Waals surface area contributed by atoms with Crippen molar-refractivity contribution in [1.29, 1.82) is 0 Å². The Morgan fingerprint density at radius 3 is 2.74 bits per heavy atom. The lowest BCUT2D eigenvalue weighted by atomic mass is 10.2. The maximum absolute atomic E-state index is 9.74. The van der Waals surface area contributed by atoms with Gasteiger partial charge in [0.05, 0.1) is 0 Å². The van der Waals surface area contributed by atoms with E-state index in [1.807, 2.05) is 24.3 Å². The Morgan fingerprint density at radius 1 is 1.32 bits per heavy atom. The standard InChI is InChI=1S/C15H20BrNO2/c1-2-3-4-5-10-17-11-14(18)12-19-15-8-6-13(16)7-9-15/h1,6-9,14,17-18H,3-5,10-12H2. The first-order valence-electron chi connectivity index (χ1n) is 6.43. The van der Waals surface area contributed by atoms with Crippen molar-refractivity contribution in [3.05, 3.63) is 28.7 Å². The number of halogens is 1. The molecule has 1 aromatic rings. The molecule has 4 heteroatoms. The Balaban J connectivity index is 2.06. The number of rotatable bonds is 9. The molecule has 1 unspecified atom stereocenters. The average molecular weight is 326 g/mol. The molecule has 1 atom stereocenters. The summed E-state index contributed by atoms with van der Waals surface area (Å²) in [6.07, 6.45) is 7.53. The minimum atomic E-state index is -0.503. The predicted octanol–water partition coefficient (Wildman–Crippen LogP) is 2.58. The van der Waals surface area contributed by atoms with Crippen LogP contribution >= 0.6 is 15.9 Å². The molecule has 1 rings (SSSR count). The molecule has 0 aliphatic carbocycles. The molecule has 0 aliphatic rings. The quantitative estimate of drug-likeness (QED) is 0.541. The first kappa shape index (κ1) is 16.0. The fraction of sp³-hybridized carbons (Fsp3) is 0.467. The Bertz CT molecular complexity index is 386. The van der Waals surface area contributed by atoms with Gasteiger partial charge in [-0.25, -0.2) is 0 Å². The molecule has 0 spiro atoms. The summed E-state index contributed by atoms with van der Waals surface area (Å²) in [6, 6.07) is 7.55. The van der Waals surface area contributed by atoms with E-state index in [9.17, 15) is 5.11 Å². The molecule has 0 amide bonds. The van der Waals surface area contributed by atoms with E-state index in [2.05, 4.69) is 27.2 Å². The van der Waals surface area contributed by atoms with Gasteiger partial charge >= 0.3 is 0 Å². The first-order chi connectivity index (χ1) is 9.22. The Hall–Kier alpha value is -1.02. The molecule has 0 aliphatic heterocycles. The number of hydrogen-bond donors (Lipinski definition) is 2. The third-order valence-corrected chi connectivity index (χ3v) is 3.09. The second-order valence-corrected chi connectivity index (χ2v) is 5.20. The zero-order valence-corrected chi connectivity index (χ0v) is 12.5. The highest BCUT2D eigenvalue weighted by Gasteiger charge is 2.04. The van der Waals surface area contributed by atoms with Crippen molar-refractivity contribution in [2.24, 2.45) is 0 Å². The second-order valence-electron chi connectivity index (χ2n) is 4.28. The van der Waals surface area contributed by atoms with E-state index in [4.69, 9.17) is 11.2 Å². The van der Waals surface area contributed by atoms with Crippen LogP contribution in [0.2, 0.25) is 0 Å². The van der Waals surface area contributed by atoms with E-state index in [0.717, 1.165) is 36.0 Å². The van der Waals surface area contributed by atoms with E-state index >= 15 is 0 Å². The van der Waals surface area contributed by atoms with Crippen LogP contribution in [-0.2, 0) is 0 Å². The number of nitrogens with one attached hydrogen (secondary N) is 1. The summed E-state index contributed by atoms with van der Waals surface area (Å²) in [5.41, 5.74) is 0. The molecule has 0 saturated heterocycles. The summed E-state index contributed by atoms with van der Waals surface area (Å²) in [7, 11) is 0. The van der Waals surface area contributed by atoms with Crippen LogP contribution in [0.15, 0.2) is 28.7 Å². The van der Waals surface area contributed by atoms with Gasteiger partial charge < -0.3 is 15.2 Å². The smallest absolute Gasteiger partial charge is 0.119 e. The lowest BCUT2D eigenvalue weighted by Crippen LogP contribution is -2.32. The molecule has 0 heterocycles. The van der Waals surface area contributed by atoms with Crippen molar-refractivity contribution < 1.29 is 9.84 Å². The van der Waals surface area contributed by atoms with Gasteiger partial charge in [0.2, 0.25) is 0 Å². The number of ether oxygens (including phenoxy) is 1. The van der Waals surface area contributed by atoms with Crippen molar-refractivity contribution >= 4 is 15.9 Å². The van der Waals surface area contributed by atoms with E-state index in [-0.39, 0.29) is 0 Å². The molecule has 19 heavy (non-hydrogen) atoms. The first-order valence-corrected chi connectivity index (χ1v) is 7.22. The van der Waals surface area contributed by atoms with E-state index in [0.29, 0.717) is 13.2 Å². The molecule has 0 saturated carbocycles. The van der Waals surface area contributed by atoms with Crippen LogP contribution in [0.25, 0.3) is 0 Å². The van der Waals surface area contributed by atoms with Gasteiger partial charge in [-0.2, -0.15) is 0 Å². The van der Waals surface area contributed by atoms with Crippen LogP contribution in [0.3, 0.4) is 0 Å². The summed E-state index contributed by atoms with van der Waals surface area (Å²) in [6.45, 7) is 1.70. The monoisotopic (exact) mass is 325 g/mol. The molecule has 0 aromatic heterocycles. The Kier molecular flexibility index (Phi) is 8.31. The summed E-state index contributed by atoms with van der Waals surface area (Å²) in [5.74, 6) is 3.37. The maximum atomic E-state index is 9.74. The van der Waals surface area contributed by atoms with Gasteiger partial charge in [0.15, 0.2) is 0 Å². The Labute approximate surface area is 123 Å². The van der Waals surface area contributed by atoms with Gasteiger partial charge in [0, 0.05) is 17.4 Å². The molecule has 104 valence electrons. The minimum Gasteiger partial charge on any atom is -0.491 e. The third-order valence-electron chi connectivity index (χ3n) is 2.56.